The molecule has 1 aromatic rings. The fraction of sp³-hybridized carbons (Fsp3) is 0.500. The van der Waals surface area contributed by atoms with Gasteiger partial charge >= 0.3 is 0 Å². The van der Waals surface area contributed by atoms with Crippen molar-refractivity contribution in [2.75, 3.05) is 18.4 Å². The molecule has 0 aliphatic carbocycles. The maximum atomic E-state index is 11.6. The van der Waals surface area contributed by atoms with E-state index >= 15 is 0 Å². The molecule has 0 bridgehead atoms. The third-order valence-electron chi connectivity index (χ3n) is 2.14. The van der Waals surface area contributed by atoms with Crippen molar-refractivity contribution in [3.8, 4) is 0 Å². The molecule has 1 unspecified atom stereocenters. The number of hydrogen-bond acceptors (Lipinski definition) is 4. The van der Waals surface area contributed by atoms with Crippen LogP contribution < -0.4 is 10.6 Å². The van der Waals surface area contributed by atoms with Crippen molar-refractivity contribution in [1.29, 1.82) is 0 Å². The molecular weight excluding hydrogens is 266 g/mol. The summed E-state index contributed by atoms with van der Waals surface area (Å²) in [7, 11) is 0. The molecule has 4 nitrogen and oxygen atoms in total. The first-order valence-corrected chi connectivity index (χ1v) is 5.99. The minimum atomic E-state index is 0.0665. The first-order chi connectivity index (χ1) is 6.75. The Morgan fingerprint density at radius 3 is 3.21 bits per heavy atom. The molecule has 1 amide bonds. The lowest BCUT2D eigenvalue weighted by molar-refractivity contribution is -0.119. The summed E-state index contributed by atoms with van der Waals surface area (Å²) in [5, 5.41) is 6.62. The van der Waals surface area contributed by atoms with E-state index in [-0.39, 0.29) is 11.8 Å². The molecule has 6 heteroatoms. The van der Waals surface area contributed by atoms with Gasteiger partial charge in [0.15, 0.2) is 5.13 Å². The van der Waals surface area contributed by atoms with Crippen LogP contribution in [0.1, 0.15) is 6.42 Å². The monoisotopic (exact) mass is 275 g/mol. The molecule has 2 heterocycles. The normalized spacial score (nSPS) is 21.1. The summed E-state index contributed by atoms with van der Waals surface area (Å²) in [6.07, 6.45) is 2.60. The van der Waals surface area contributed by atoms with Crippen LogP contribution in [0, 0.1) is 5.92 Å². The fourth-order valence-electron chi connectivity index (χ4n) is 1.40. The van der Waals surface area contributed by atoms with Gasteiger partial charge in [0.25, 0.3) is 0 Å². The molecule has 1 aliphatic rings. The molecule has 2 rings (SSSR count). The minimum absolute atomic E-state index is 0.0665. The van der Waals surface area contributed by atoms with Crippen LogP contribution in [0.3, 0.4) is 0 Å². The average molecular weight is 276 g/mol. The molecule has 0 saturated carbocycles. The Balaban J connectivity index is 1.93. The van der Waals surface area contributed by atoms with E-state index in [1.54, 1.807) is 6.20 Å². The molecule has 14 heavy (non-hydrogen) atoms. The van der Waals surface area contributed by atoms with Crippen LogP contribution in [0.4, 0.5) is 5.13 Å². The Labute approximate surface area is 94.2 Å². The highest BCUT2D eigenvalue weighted by Crippen LogP contribution is 2.23. The van der Waals surface area contributed by atoms with Crippen LogP contribution >= 0.6 is 27.3 Å². The van der Waals surface area contributed by atoms with Crippen LogP contribution in [0.25, 0.3) is 0 Å². The molecule has 0 spiro atoms. The highest BCUT2D eigenvalue weighted by molar-refractivity contribution is 9.11. The summed E-state index contributed by atoms with van der Waals surface area (Å²) >= 11 is 4.73. The summed E-state index contributed by atoms with van der Waals surface area (Å²) in [6, 6.07) is 0. The van der Waals surface area contributed by atoms with Crippen LogP contribution in [-0.2, 0) is 4.79 Å². The van der Waals surface area contributed by atoms with E-state index in [4.69, 9.17) is 0 Å². The smallest absolute Gasteiger partial charge is 0.230 e. The molecule has 1 aliphatic heterocycles. The predicted octanol–water partition coefficient (Wildman–Crippen LogP) is 1.45. The van der Waals surface area contributed by atoms with Crippen molar-refractivity contribution in [1.82, 2.24) is 10.3 Å². The molecule has 76 valence electrons. The van der Waals surface area contributed by atoms with E-state index in [1.165, 1.54) is 11.3 Å². The number of nitrogens with one attached hydrogen (secondary N) is 2. The Bertz CT molecular complexity index is 335. The van der Waals surface area contributed by atoms with E-state index in [9.17, 15) is 4.79 Å². The second-order valence-corrected chi connectivity index (χ2v) is 5.56. The van der Waals surface area contributed by atoms with Crippen molar-refractivity contribution >= 4 is 38.3 Å². The zero-order valence-corrected chi connectivity index (χ0v) is 9.82. The number of aromatic nitrogens is 1. The molecule has 1 atom stereocenters. The fourth-order valence-corrected chi connectivity index (χ4v) is 2.51. The number of hydrogen-bond donors (Lipinski definition) is 2. The highest BCUT2D eigenvalue weighted by Gasteiger charge is 2.22. The Morgan fingerprint density at radius 2 is 2.64 bits per heavy atom. The summed E-state index contributed by atoms with van der Waals surface area (Å²) in [5.41, 5.74) is 0. The third-order valence-corrected chi connectivity index (χ3v) is 3.53. The van der Waals surface area contributed by atoms with Gasteiger partial charge in [0.1, 0.15) is 0 Å². The summed E-state index contributed by atoms with van der Waals surface area (Å²) in [6.45, 7) is 1.71. The third kappa shape index (κ3) is 2.31. The van der Waals surface area contributed by atoms with Gasteiger partial charge in [-0.2, -0.15) is 0 Å². The molecule has 2 N–H and O–H groups in total. The zero-order chi connectivity index (χ0) is 9.97. The number of rotatable bonds is 2. The summed E-state index contributed by atoms with van der Waals surface area (Å²) < 4.78 is 0.928. The van der Waals surface area contributed by atoms with Crippen molar-refractivity contribution in [3.05, 3.63) is 9.98 Å². The van der Waals surface area contributed by atoms with Gasteiger partial charge in [-0.05, 0) is 28.9 Å². The number of amides is 1. The molecule has 0 radical (unpaired) electrons. The molecular formula is C8H10BrN3OS. The topological polar surface area (TPSA) is 54.0 Å². The first-order valence-electron chi connectivity index (χ1n) is 4.38. The van der Waals surface area contributed by atoms with E-state index in [0.29, 0.717) is 5.13 Å². The maximum Gasteiger partial charge on any atom is 0.230 e. The predicted molar refractivity (Wildman–Crippen MR) is 59.4 cm³/mol. The number of carbonyl (C=O) groups excluding carboxylic acids is 1. The van der Waals surface area contributed by atoms with Gasteiger partial charge in [-0.25, -0.2) is 4.98 Å². The van der Waals surface area contributed by atoms with Crippen LogP contribution in [0.5, 0.6) is 0 Å². The van der Waals surface area contributed by atoms with Crippen LogP contribution in [0.2, 0.25) is 0 Å². The number of nitrogens with zero attached hydrogens (tertiary/aromatic N) is 1. The second-order valence-electron chi connectivity index (χ2n) is 3.15. The van der Waals surface area contributed by atoms with Gasteiger partial charge in [0.2, 0.25) is 5.91 Å². The van der Waals surface area contributed by atoms with E-state index in [2.05, 4.69) is 31.5 Å². The standard InChI is InChI=1S/C8H10BrN3OS/c9-6-4-11-8(14-6)12-7(13)5-1-2-10-3-5/h4-5,10H,1-3H2,(H,11,12,13). The maximum absolute atomic E-state index is 11.6. The van der Waals surface area contributed by atoms with E-state index < -0.39 is 0 Å². The Hall–Kier alpha value is -0.460. The lowest BCUT2D eigenvalue weighted by Gasteiger charge is -2.06. The molecule has 1 saturated heterocycles. The average Bonchev–Trinajstić information content (AvgIpc) is 2.75. The van der Waals surface area contributed by atoms with Crippen molar-refractivity contribution < 1.29 is 4.79 Å². The van der Waals surface area contributed by atoms with Gasteiger partial charge in [0.05, 0.1) is 15.9 Å². The van der Waals surface area contributed by atoms with E-state index in [1.807, 2.05) is 0 Å². The van der Waals surface area contributed by atoms with Gasteiger partial charge in [-0.1, -0.05) is 11.3 Å². The lowest BCUT2D eigenvalue weighted by Crippen LogP contribution is -2.24. The van der Waals surface area contributed by atoms with Crippen LogP contribution in [-0.4, -0.2) is 24.0 Å². The zero-order valence-electron chi connectivity index (χ0n) is 7.42. The lowest BCUT2D eigenvalue weighted by atomic mass is 10.1. The van der Waals surface area contributed by atoms with Crippen molar-refractivity contribution in [3.63, 3.8) is 0 Å². The number of anilines is 1. The SMILES string of the molecule is O=C(Nc1ncc(Br)s1)C1CCNC1. The molecule has 0 aromatic carbocycles. The van der Waals surface area contributed by atoms with Gasteiger partial charge in [-0.3, -0.25) is 4.79 Å². The Morgan fingerprint density at radius 1 is 1.79 bits per heavy atom. The van der Waals surface area contributed by atoms with Gasteiger partial charge in [0, 0.05) is 6.54 Å². The van der Waals surface area contributed by atoms with Crippen molar-refractivity contribution in [2.45, 2.75) is 6.42 Å². The highest BCUT2D eigenvalue weighted by atomic mass is 79.9. The second kappa shape index (κ2) is 4.37. The summed E-state index contributed by atoms with van der Waals surface area (Å²) in [4.78, 5) is 15.7. The number of carbonyl (C=O) groups is 1. The minimum Gasteiger partial charge on any atom is -0.316 e. The van der Waals surface area contributed by atoms with E-state index in [0.717, 1.165) is 23.3 Å². The molecule has 1 aromatic heterocycles. The first kappa shape index (κ1) is 10.1. The Kier molecular flexibility index (Phi) is 3.15. The van der Waals surface area contributed by atoms with Crippen LogP contribution in [0.15, 0.2) is 9.98 Å². The molecule has 1 fully saturated rings. The quantitative estimate of drug-likeness (QED) is 0.859. The largest absolute Gasteiger partial charge is 0.316 e. The van der Waals surface area contributed by atoms with Gasteiger partial charge < -0.3 is 10.6 Å². The number of thiazole rings is 1. The number of halogens is 1. The van der Waals surface area contributed by atoms with Crippen molar-refractivity contribution in [2.24, 2.45) is 5.92 Å². The van der Waals surface area contributed by atoms with Gasteiger partial charge in [-0.15, -0.1) is 0 Å². The summed E-state index contributed by atoms with van der Waals surface area (Å²) in [5.74, 6) is 0.162.